The minimum absolute atomic E-state index is 0.777. The molecule has 0 aromatic carbocycles. The Labute approximate surface area is 57.2 Å². The minimum Gasteiger partial charge on any atom is -0.314 e. The van der Waals surface area contributed by atoms with Crippen molar-refractivity contribution >= 4 is 0 Å². The Morgan fingerprint density at radius 3 is 2.89 bits per heavy atom. The van der Waals surface area contributed by atoms with Gasteiger partial charge in [0.05, 0.1) is 0 Å². The topological polar surface area (TPSA) is 15.3 Å². The van der Waals surface area contributed by atoms with Crippen LogP contribution in [0.25, 0.3) is 0 Å². The van der Waals surface area contributed by atoms with Crippen LogP contribution in [-0.4, -0.2) is 37.6 Å². The van der Waals surface area contributed by atoms with Crippen molar-refractivity contribution in [2.24, 2.45) is 0 Å². The van der Waals surface area contributed by atoms with Crippen LogP contribution < -0.4 is 5.32 Å². The quantitative estimate of drug-likeness (QED) is 0.546. The zero-order valence-corrected chi connectivity index (χ0v) is 6.35. The van der Waals surface area contributed by atoms with E-state index in [1.807, 2.05) is 0 Å². The molecule has 1 saturated heterocycles. The van der Waals surface area contributed by atoms with Gasteiger partial charge in [-0.15, -0.1) is 0 Å². The molecule has 0 aromatic heterocycles. The van der Waals surface area contributed by atoms with Crippen LogP contribution in [0, 0.1) is 0 Å². The zero-order valence-electron chi connectivity index (χ0n) is 6.35. The molecule has 2 heteroatoms. The molecule has 0 amide bonds. The van der Waals surface area contributed by atoms with Crippen molar-refractivity contribution in [1.29, 1.82) is 0 Å². The fourth-order valence-corrected chi connectivity index (χ4v) is 1.32. The number of nitrogens with zero attached hydrogens (tertiary/aromatic N) is 1. The molecule has 0 radical (unpaired) electrons. The Bertz CT molecular complexity index is 83.0. The van der Waals surface area contributed by atoms with Gasteiger partial charge in [0.1, 0.15) is 0 Å². The van der Waals surface area contributed by atoms with Crippen LogP contribution in [0.2, 0.25) is 0 Å². The lowest BCUT2D eigenvalue weighted by Crippen LogP contribution is -2.48. The maximum atomic E-state index is 3.37. The summed E-state index contributed by atoms with van der Waals surface area (Å²) in [6, 6.07) is 0.777. The first kappa shape index (κ1) is 7.03. The van der Waals surface area contributed by atoms with Crippen LogP contribution in [0.3, 0.4) is 0 Å². The Morgan fingerprint density at radius 1 is 1.67 bits per heavy atom. The lowest BCUT2D eigenvalue weighted by atomic mass is 10.1. The molecule has 1 aliphatic heterocycles. The molecular formula is C7H16N2. The van der Waals surface area contributed by atoms with E-state index in [-0.39, 0.29) is 0 Å². The minimum atomic E-state index is 0.777. The van der Waals surface area contributed by atoms with Crippen molar-refractivity contribution in [2.45, 2.75) is 19.4 Å². The number of piperazine rings is 1. The smallest absolute Gasteiger partial charge is 0.0215 e. The van der Waals surface area contributed by atoms with Gasteiger partial charge < -0.3 is 10.2 Å². The van der Waals surface area contributed by atoms with E-state index >= 15 is 0 Å². The Balaban J connectivity index is 2.30. The highest BCUT2D eigenvalue weighted by Gasteiger charge is 2.15. The number of likely N-dealkylation sites (N-methyl/N-ethyl adjacent to an activating group) is 1. The summed E-state index contributed by atoms with van der Waals surface area (Å²) in [4.78, 5) is 2.43. The third-order valence-electron chi connectivity index (χ3n) is 2.12. The van der Waals surface area contributed by atoms with Gasteiger partial charge in [0.15, 0.2) is 0 Å². The fraction of sp³-hybridized carbons (Fsp3) is 1.00. The summed E-state index contributed by atoms with van der Waals surface area (Å²) in [5.41, 5.74) is 0. The van der Waals surface area contributed by atoms with Gasteiger partial charge in [-0.25, -0.2) is 0 Å². The van der Waals surface area contributed by atoms with E-state index in [0.29, 0.717) is 0 Å². The highest BCUT2D eigenvalue weighted by molar-refractivity contribution is 4.75. The lowest BCUT2D eigenvalue weighted by molar-refractivity contribution is 0.195. The Kier molecular flexibility index (Phi) is 2.49. The molecule has 9 heavy (non-hydrogen) atoms. The third kappa shape index (κ3) is 1.66. The molecular weight excluding hydrogens is 112 g/mol. The summed E-state index contributed by atoms with van der Waals surface area (Å²) in [6.07, 6.45) is 1.27. The van der Waals surface area contributed by atoms with Crippen LogP contribution in [-0.2, 0) is 0 Å². The van der Waals surface area contributed by atoms with Gasteiger partial charge >= 0.3 is 0 Å². The second-order valence-electron chi connectivity index (χ2n) is 2.75. The second kappa shape index (κ2) is 3.18. The van der Waals surface area contributed by atoms with Gasteiger partial charge in [-0.05, 0) is 13.5 Å². The predicted octanol–water partition coefficient (Wildman–Crippen LogP) is 0.300. The Hall–Kier alpha value is -0.0800. The first-order valence-electron chi connectivity index (χ1n) is 3.75. The van der Waals surface area contributed by atoms with E-state index in [2.05, 4.69) is 24.2 Å². The molecule has 1 heterocycles. The summed E-state index contributed by atoms with van der Waals surface area (Å²) in [5, 5.41) is 3.37. The molecule has 2 nitrogen and oxygen atoms in total. The molecule has 1 rings (SSSR count). The zero-order chi connectivity index (χ0) is 6.69. The van der Waals surface area contributed by atoms with Crippen molar-refractivity contribution in [1.82, 2.24) is 10.2 Å². The Morgan fingerprint density at radius 2 is 2.44 bits per heavy atom. The molecule has 0 saturated carbocycles. The number of hydrogen-bond donors (Lipinski definition) is 1. The predicted molar refractivity (Wildman–Crippen MR) is 39.6 cm³/mol. The summed E-state index contributed by atoms with van der Waals surface area (Å²) >= 11 is 0. The van der Waals surface area contributed by atoms with Crippen LogP contribution in [0.5, 0.6) is 0 Å². The van der Waals surface area contributed by atoms with Crippen LogP contribution in [0.1, 0.15) is 13.3 Å². The monoisotopic (exact) mass is 128 g/mol. The van der Waals surface area contributed by atoms with E-state index in [1.54, 1.807) is 0 Å². The van der Waals surface area contributed by atoms with E-state index < -0.39 is 0 Å². The van der Waals surface area contributed by atoms with Crippen molar-refractivity contribution in [3.8, 4) is 0 Å². The average Bonchev–Trinajstić information content (AvgIpc) is 1.89. The van der Waals surface area contributed by atoms with Gasteiger partial charge in [0.25, 0.3) is 0 Å². The number of rotatable bonds is 1. The highest BCUT2D eigenvalue weighted by atomic mass is 15.2. The van der Waals surface area contributed by atoms with Gasteiger partial charge in [-0.2, -0.15) is 0 Å². The fourth-order valence-electron chi connectivity index (χ4n) is 1.32. The van der Waals surface area contributed by atoms with Gasteiger partial charge in [0.2, 0.25) is 0 Å². The molecule has 1 aliphatic rings. The van der Waals surface area contributed by atoms with Gasteiger partial charge in [0, 0.05) is 25.7 Å². The number of nitrogens with one attached hydrogen (secondary N) is 1. The van der Waals surface area contributed by atoms with Gasteiger partial charge in [-0.3, -0.25) is 0 Å². The first-order chi connectivity index (χ1) is 4.34. The standard InChI is InChI=1S/C7H16N2/c1-3-7-6-8-4-5-9(7)2/h7-8H,3-6H2,1-2H3/t7-/m1/s1. The molecule has 54 valence electrons. The van der Waals surface area contributed by atoms with E-state index in [0.717, 1.165) is 12.6 Å². The van der Waals surface area contributed by atoms with Gasteiger partial charge in [-0.1, -0.05) is 6.92 Å². The van der Waals surface area contributed by atoms with E-state index in [4.69, 9.17) is 0 Å². The van der Waals surface area contributed by atoms with Crippen molar-refractivity contribution < 1.29 is 0 Å². The molecule has 1 N–H and O–H groups in total. The molecule has 0 aromatic rings. The van der Waals surface area contributed by atoms with E-state index in [1.165, 1.54) is 19.5 Å². The number of hydrogen-bond acceptors (Lipinski definition) is 2. The van der Waals surface area contributed by atoms with Crippen LogP contribution in [0.4, 0.5) is 0 Å². The molecule has 0 unspecified atom stereocenters. The summed E-state index contributed by atoms with van der Waals surface area (Å²) in [5.74, 6) is 0. The molecule has 0 aliphatic carbocycles. The molecule has 1 atom stereocenters. The summed E-state index contributed by atoms with van der Waals surface area (Å²) in [6.45, 7) is 5.78. The lowest BCUT2D eigenvalue weighted by Gasteiger charge is -2.32. The van der Waals surface area contributed by atoms with Crippen molar-refractivity contribution in [2.75, 3.05) is 26.7 Å². The van der Waals surface area contributed by atoms with E-state index in [9.17, 15) is 0 Å². The third-order valence-corrected chi connectivity index (χ3v) is 2.12. The largest absolute Gasteiger partial charge is 0.314 e. The summed E-state index contributed by atoms with van der Waals surface area (Å²) in [7, 11) is 2.20. The molecule has 0 spiro atoms. The molecule has 1 fully saturated rings. The molecule has 0 bridgehead atoms. The van der Waals surface area contributed by atoms with Crippen LogP contribution >= 0.6 is 0 Å². The normalized spacial score (nSPS) is 30.7. The van der Waals surface area contributed by atoms with Crippen LogP contribution in [0.15, 0.2) is 0 Å². The maximum absolute atomic E-state index is 3.37. The van der Waals surface area contributed by atoms with Crippen molar-refractivity contribution in [3.63, 3.8) is 0 Å². The first-order valence-corrected chi connectivity index (χ1v) is 3.75. The highest BCUT2D eigenvalue weighted by Crippen LogP contribution is 2.02. The summed E-state index contributed by atoms with van der Waals surface area (Å²) < 4.78 is 0. The average molecular weight is 128 g/mol. The SMILES string of the molecule is CC[C@@H]1CNCCN1C. The second-order valence-corrected chi connectivity index (χ2v) is 2.75. The maximum Gasteiger partial charge on any atom is 0.0215 e. The van der Waals surface area contributed by atoms with Crippen molar-refractivity contribution in [3.05, 3.63) is 0 Å².